The first-order valence-electron chi connectivity index (χ1n) is 9.27. The smallest absolute Gasteiger partial charge is 0.122 e. The Morgan fingerprint density at radius 3 is 2.44 bits per heavy atom. The van der Waals surface area contributed by atoms with Crippen molar-refractivity contribution in [2.45, 2.75) is 33.0 Å². The molecule has 1 atom stereocenters. The van der Waals surface area contributed by atoms with Gasteiger partial charge in [0.15, 0.2) is 0 Å². The summed E-state index contributed by atoms with van der Waals surface area (Å²) in [6.45, 7) is 6.22. The molecule has 1 aromatic heterocycles. The highest BCUT2D eigenvalue weighted by molar-refractivity contribution is 5.31. The third-order valence-electron chi connectivity index (χ3n) is 4.48. The maximum atomic E-state index is 10.5. The fourth-order valence-electron chi connectivity index (χ4n) is 3.01. The van der Waals surface area contributed by atoms with Crippen molar-refractivity contribution >= 4 is 0 Å². The Bertz CT molecular complexity index is 812. The van der Waals surface area contributed by atoms with Crippen molar-refractivity contribution < 1.29 is 14.3 Å². The quantitative estimate of drug-likeness (QED) is 0.613. The van der Waals surface area contributed by atoms with E-state index in [1.807, 2.05) is 43.3 Å². The van der Waals surface area contributed by atoms with E-state index in [0.717, 1.165) is 23.6 Å². The molecule has 3 aromatic rings. The van der Waals surface area contributed by atoms with E-state index in [4.69, 9.17) is 9.15 Å². The monoisotopic (exact) mass is 365 g/mol. The van der Waals surface area contributed by atoms with Crippen molar-refractivity contribution in [1.29, 1.82) is 0 Å². The first-order valence-corrected chi connectivity index (χ1v) is 9.27. The van der Waals surface area contributed by atoms with Gasteiger partial charge in [0.05, 0.1) is 12.8 Å². The molecule has 0 radical (unpaired) electrons. The maximum absolute atomic E-state index is 10.5. The van der Waals surface area contributed by atoms with E-state index < -0.39 is 6.10 Å². The Kier molecular flexibility index (Phi) is 6.69. The Morgan fingerprint density at radius 2 is 1.74 bits per heavy atom. The fraction of sp³-hybridized carbons (Fsp3) is 0.304. The summed E-state index contributed by atoms with van der Waals surface area (Å²) < 4.78 is 11.3. The van der Waals surface area contributed by atoms with E-state index in [2.05, 4.69) is 36.1 Å². The van der Waals surface area contributed by atoms with Gasteiger partial charge >= 0.3 is 0 Å². The summed E-state index contributed by atoms with van der Waals surface area (Å²) in [6, 6.07) is 20.2. The minimum atomic E-state index is -0.593. The minimum absolute atomic E-state index is 0.257. The fourth-order valence-corrected chi connectivity index (χ4v) is 3.01. The molecule has 1 heterocycles. The van der Waals surface area contributed by atoms with Crippen LogP contribution in [0.5, 0.6) is 5.75 Å². The topological polar surface area (TPSA) is 45.8 Å². The lowest BCUT2D eigenvalue weighted by Gasteiger charge is -2.24. The van der Waals surface area contributed by atoms with Crippen LogP contribution in [0.15, 0.2) is 71.3 Å². The predicted molar refractivity (Wildman–Crippen MR) is 107 cm³/mol. The van der Waals surface area contributed by atoms with Crippen molar-refractivity contribution in [3.05, 3.63) is 89.4 Å². The summed E-state index contributed by atoms with van der Waals surface area (Å²) in [4.78, 5) is 2.18. The van der Waals surface area contributed by atoms with Crippen LogP contribution in [0, 0.1) is 13.8 Å². The van der Waals surface area contributed by atoms with E-state index in [-0.39, 0.29) is 6.61 Å². The lowest BCUT2D eigenvalue weighted by molar-refractivity contribution is 0.0602. The molecule has 0 spiro atoms. The van der Waals surface area contributed by atoms with Gasteiger partial charge in [-0.05, 0) is 43.2 Å². The lowest BCUT2D eigenvalue weighted by Crippen LogP contribution is -2.35. The molecule has 2 aromatic carbocycles. The summed E-state index contributed by atoms with van der Waals surface area (Å²) in [6.07, 6.45) is 1.09. The second-order valence-electron chi connectivity index (χ2n) is 6.96. The van der Waals surface area contributed by atoms with Crippen molar-refractivity contribution in [2.75, 3.05) is 13.2 Å². The minimum Gasteiger partial charge on any atom is -0.491 e. The molecule has 27 heavy (non-hydrogen) atoms. The zero-order valence-corrected chi connectivity index (χ0v) is 16.0. The van der Waals surface area contributed by atoms with E-state index in [0.29, 0.717) is 13.1 Å². The molecule has 1 N–H and O–H groups in total. The van der Waals surface area contributed by atoms with Gasteiger partial charge in [-0.2, -0.15) is 0 Å². The van der Waals surface area contributed by atoms with Crippen LogP contribution in [-0.2, 0) is 13.1 Å². The molecule has 0 saturated heterocycles. The summed E-state index contributed by atoms with van der Waals surface area (Å²) in [5.74, 6) is 1.70. The summed E-state index contributed by atoms with van der Waals surface area (Å²) in [7, 11) is 0. The third kappa shape index (κ3) is 5.98. The molecule has 0 aliphatic carbocycles. The first kappa shape index (κ1) is 19.2. The first-order chi connectivity index (χ1) is 13.1. The number of rotatable bonds is 9. The van der Waals surface area contributed by atoms with Crippen molar-refractivity contribution in [1.82, 2.24) is 4.90 Å². The van der Waals surface area contributed by atoms with Crippen LogP contribution in [0.25, 0.3) is 0 Å². The Labute approximate surface area is 161 Å². The van der Waals surface area contributed by atoms with Gasteiger partial charge in [-0.25, -0.2) is 0 Å². The van der Waals surface area contributed by atoms with Crippen LogP contribution < -0.4 is 4.74 Å². The van der Waals surface area contributed by atoms with Crippen LogP contribution in [0.2, 0.25) is 0 Å². The predicted octanol–water partition coefficient (Wildman–Crippen LogP) is 4.34. The number of aliphatic hydroxyl groups excluding tert-OH is 1. The van der Waals surface area contributed by atoms with E-state index >= 15 is 0 Å². The van der Waals surface area contributed by atoms with E-state index in [9.17, 15) is 5.11 Å². The summed E-state index contributed by atoms with van der Waals surface area (Å²) in [5, 5.41) is 10.5. The number of benzene rings is 2. The van der Waals surface area contributed by atoms with Crippen LogP contribution in [0.4, 0.5) is 0 Å². The summed E-state index contributed by atoms with van der Waals surface area (Å²) in [5.41, 5.74) is 3.51. The molecule has 3 rings (SSSR count). The van der Waals surface area contributed by atoms with Gasteiger partial charge in [0.1, 0.15) is 24.2 Å². The van der Waals surface area contributed by atoms with E-state index in [1.54, 1.807) is 6.26 Å². The Morgan fingerprint density at radius 1 is 0.963 bits per heavy atom. The number of ether oxygens (including phenoxy) is 1. The Hall–Kier alpha value is -2.56. The molecule has 0 bridgehead atoms. The molecule has 4 nitrogen and oxygen atoms in total. The highest BCUT2D eigenvalue weighted by atomic mass is 16.5. The standard InChI is InChI=1S/C23H27NO3/c1-18-9-11-20(12-10-18)14-24(16-22-7-5-13-26-22)15-21(25)17-27-23-8-4-3-6-19(23)2/h3-13,21,25H,14-17H2,1-2H3. The second kappa shape index (κ2) is 9.40. The highest BCUT2D eigenvalue weighted by Gasteiger charge is 2.15. The van der Waals surface area contributed by atoms with Gasteiger partial charge in [-0.1, -0.05) is 48.0 Å². The number of furan rings is 1. The van der Waals surface area contributed by atoms with Crippen molar-refractivity contribution in [2.24, 2.45) is 0 Å². The second-order valence-corrected chi connectivity index (χ2v) is 6.96. The molecule has 0 aliphatic heterocycles. The van der Waals surface area contributed by atoms with Gasteiger partial charge < -0.3 is 14.3 Å². The van der Waals surface area contributed by atoms with Gasteiger partial charge in [0, 0.05) is 13.1 Å². The molecular weight excluding hydrogens is 338 g/mol. The molecule has 0 fully saturated rings. The number of aliphatic hydroxyl groups is 1. The normalized spacial score (nSPS) is 12.3. The molecule has 4 heteroatoms. The lowest BCUT2D eigenvalue weighted by atomic mass is 10.1. The largest absolute Gasteiger partial charge is 0.491 e. The van der Waals surface area contributed by atoms with Crippen LogP contribution in [0.1, 0.15) is 22.5 Å². The number of hydrogen-bond donors (Lipinski definition) is 1. The molecule has 0 amide bonds. The Balaban J connectivity index is 1.61. The number of aryl methyl sites for hydroxylation is 2. The maximum Gasteiger partial charge on any atom is 0.122 e. The van der Waals surface area contributed by atoms with E-state index in [1.165, 1.54) is 11.1 Å². The van der Waals surface area contributed by atoms with Crippen LogP contribution in [-0.4, -0.2) is 29.3 Å². The average Bonchev–Trinajstić information content (AvgIpc) is 3.16. The SMILES string of the molecule is Cc1ccc(CN(Cc2ccco2)CC(O)COc2ccccc2C)cc1. The van der Waals surface area contributed by atoms with Crippen LogP contribution >= 0.6 is 0 Å². The molecule has 0 aliphatic rings. The molecule has 0 saturated carbocycles. The van der Waals surface area contributed by atoms with Gasteiger partial charge in [-0.3, -0.25) is 4.90 Å². The van der Waals surface area contributed by atoms with Gasteiger partial charge in [-0.15, -0.1) is 0 Å². The zero-order chi connectivity index (χ0) is 19.1. The molecule has 1 unspecified atom stereocenters. The number of nitrogens with zero attached hydrogens (tertiary/aromatic N) is 1. The van der Waals surface area contributed by atoms with Gasteiger partial charge in [0.2, 0.25) is 0 Å². The summed E-state index contributed by atoms with van der Waals surface area (Å²) >= 11 is 0. The molecule has 142 valence electrons. The van der Waals surface area contributed by atoms with Crippen LogP contribution in [0.3, 0.4) is 0 Å². The van der Waals surface area contributed by atoms with Crippen molar-refractivity contribution in [3.63, 3.8) is 0 Å². The highest BCUT2D eigenvalue weighted by Crippen LogP contribution is 2.17. The van der Waals surface area contributed by atoms with Crippen molar-refractivity contribution in [3.8, 4) is 5.75 Å². The average molecular weight is 365 g/mol. The number of para-hydroxylation sites is 1. The number of hydrogen-bond acceptors (Lipinski definition) is 4. The molecular formula is C23H27NO3. The van der Waals surface area contributed by atoms with Gasteiger partial charge in [0.25, 0.3) is 0 Å². The zero-order valence-electron chi connectivity index (χ0n) is 16.0. The third-order valence-corrected chi connectivity index (χ3v) is 4.48.